The fraction of sp³-hybridized carbons (Fsp3) is 0.364. The Hall–Kier alpha value is -2.38. The van der Waals surface area contributed by atoms with Crippen LogP contribution in [-0.4, -0.2) is 5.91 Å². The van der Waals surface area contributed by atoms with E-state index in [1.807, 2.05) is 12.1 Å². The quantitative estimate of drug-likeness (QED) is 0.726. The second-order valence-corrected chi connectivity index (χ2v) is 8.42. The maximum Gasteiger partial charge on any atom is 0.249 e. The molecular weight excluding hydrogens is 340 g/mol. The minimum absolute atomic E-state index is 0.193. The molecule has 1 heterocycles. The standard InChI is InChI=1S/C22H24N2OS/c1-14(2)17-8-5-16(6-9-17)7-11-21(25)24-22-19(13-23)18-10-4-15(3)12-20(18)26-22/h5-9,11,14-15H,4,10,12H2,1-3H3,(H,24,25)/b11-7+/t15-/m0/s1. The van der Waals surface area contributed by atoms with E-state index in [1.54, 1.807) is 17.4 Å². The van der Waals surface area contributed by atoms with E-state index in [9.17, 15) is 10.1 Å². The lowest BCUT2D eigenvalue weighted by molar-refractivity contribution is -0.111. The van der Waals surface area contributed by atoms with Gasteiger partial charge in [0.1, 0.15) is 11.1 Å². The molecule has 134 valence electrons. The van der Waals surface area contributed by atoms with Crippen LogP contribution < -0.4 is 5.32 Å². The van der Waals surface area contributed by atoms with Crippen LogP contribution in [0.3, 0.4) is 0 Å². The van der Waals surface area contributed by atoms with E-state index in [2.05, 4.69) is 44.3 Å². The van der Waals surface area contributed by atoms with Crippen molar-refractivity contribution in [3.8, 4) is 6.07 Å². The third-order valence-corrected chi connectivity index (χ3v) is 6.06. The summed E-state index contributed by atoms with van der Waals surface area (Å²) >= 11 is 1.56. The van der Waals surface area contributed by atoms with Crippen LogP contribution in [0.25, 0.3) is 6.08 Å². The first-order valence-electron chi connectivity index (χ1n) is 9.11. The van der Waals surface area contributed by atoms with E-state index in [0.29, 0.717) is 22.4 Å². The van der Waals surface area contributed by atoms with Crippen molar-refractivity contribution in [1.82, 2.24) is 0 Å². The number of anilines is 1. The van der Waals surface area contributed by atoms with Crippen LogP contribution in [0.4, 0.5) is 5.00 Å². The maximum absolute atomic E-state index is 12.3. The number of carbonyl (C=O) groups excluding carboxylic acids is 1. The summed E-state index contributed by atoms with van der Waals surface area (Å²) in [6.07, 6.45) is 6.39. The van der Waals surface area contributed by atoms with Crippen LogP contribution in [0.2, 0.25) is 0 Å². The number of fused-ring (bicyclic) bond motifs is 1. The van der Waals surface area contributed by atoms with Gasteiger partial charge in [0, 0.05) is 11.0 Å². The van der Waals surface area contributed by atoms with Crippen LogP contribution in [0.15, 0.2) is 30.3 Å². The van der Waals surface area contributed by atoms with Gasteiger partial charge in [-0.1, -0.05) is 45.0 Å². The van der Waals surface area contributed by atoms with Crippen molar-refractivity contribution in [1.29, 1.82) is 5.26 Å². The first-order valence-corrected chi connectivity index (χ1v) is 9.93. The Morgan fingerprint density at radius 2 is 2.08 bits per heavy atom. The van der Waals surface area contributed by atoms with Crippen LogP contribution >= 0.6 is 11.3 Å². The molecule has 3 nitrogen and oxygen atoms in total. The lowest BCUT2D eigenvalue weighted by Gasteiger charge is -2.17. The van der Waals surface area contributed by atoms with Crippen molar-refractivity contribution in [3.63, 3.8) is 0 Å². The van der Waals surface area contributed by atoms with Gasteiger partial charge in [-0.05, 0) is 53.9 Å². The molecule has 1 atom stereocenters. The zero-order valence-corrected chi connectivity index (χ0v) is 16.3. The second-order valence-electron chi connectivity index (χ2n) is 7.31. The molecule has 0 saturated carbocycles. The minimum atomic E-state index is -0.193. The highest BCUT2D eigenvalue weighted by Gasteiger charge is 2.24. The molecule has 1 aliphatic carbocycles. The van der Waals surface area contributed by atoms with Gasteiger partial charge in [0.15, 0.2) is 0 Å². The molecule has 26 heavy (non-hydrogen) atoms. The monoisotopic (exact) mass is 364 g/mol. The average molecular weight is 365 g/mol. The largest absolute Gasteiger partial charge is 0.313 e. The Bertz CT molecular complexity index is 869. The molecule has 1 amide bonds. The third kappa shape index (κ3) is 4.05. The molecule has 1 aliphatic rings. The second kappa shape index (κ2) is 7.88. The average Bonchev–Trinajstić information content (AvgIpc) is 2.96. The van der Waals surface area contributed by atoms with E-state index in [4.69, 9.17) is 0 Å². The maximum atomic E-state index is 12.3. The zero-order valence-electron chi connectivity index (χ0n) is 15.5. The Balaban J connectivity index is 1.71. The molecule has 1 N–H and O–H groups in total. The summed E-state index contributed by atoms with van der Waals surface area (Å²) in [6.45, 7) is 6.55. The molecular formula is C22H24N2OS. The van der Waals surface area contributed by atoms with Gasteiger partial charge in [-0.25, -0.2) is 0 Å². The van der Waals surface area contributed by atoms with Crippen LogP contribution in [0.1, 0.15) is 60.2 Å². The van der Waals surface area contributed by atoms with Crippen molar-refractivity contribution in [2.45, 2.75) is 46.0 Å². The van der Waals surface area contributed by atoms with Gasteiger partial charge >= 0.3 is 0 Å². The predicted molar refractivity (Wildman–Crippen MR) is 108 cm³/mol. The smallest absolute Gasteiger partial charge is 0.249 e. The predicted octanol–water partition coefficient (Wildman–Crippen LogP) is 5.52. The SMILES string of the molecule is CC(C)c1ccc(/C=C/C(=O)Nc2sc3c(c2C#N)CC[C@H](C)C3)cc1. The van der Waals surface area contributed by atoms with Crippen molar-refractivity contribution in [3.05, 3.63) is 57.5 Å². The summed E-state index contributed by atoms with van der Waals surface area (Å²) in [4.78, 5) is 13.6. The van der Waals surface area contributed by atoms with Crippen LogP contribution in [0.5, 0.6) is 0 Å². The number of nitrogens with one attached hydrogen (secondary N) is 1. The number of amides is 1. The fourth-order valence-electron chi connectivity index (χ4n) is 3.27. The first kappa shape index (κ1) is 18.4. The van der Waals surface area contributed by atoms with Gasteiger partial charge < -0.3 is 5.32 Å². The summed E-state index contributed by atoms with van der Waals surface area (Å²) in [5, 5.41) is 13.1. The number of nitrogens with zero attached hydrogens (tertiary/aromatic N) is 1. The molecule has 0 spiro atoms. The van der Waals surface area contributed by atoms with Gasteiger partial charge in [0.25, 0.3) is 0 Å². The van der Waals surface area contributed by atoms with Crippen molar-refractivity contribution < 1.29 is 4.79 Å². The summed E-state index contributed by atoms with van der Waals surface area (Å²) < 4.78 is 0. The van der Waals surface area contributed by atoms with E-state index < -0.39 is 0 Å². The molecule has 4 heteroatoms. The number of nitriles is 1. The summed E-state index contributed by atoms with van der Waals surface area (Å²) in [5.74, 6) is 0.944. The van der Waals surface area contributed by atoms with Crippen molar-refractivity contribution in [2.24, 2.45) is 5.92 Å². The molecule has 2 aromatic rings. The van der Waals surface area contributed by atoms with Crippen molar-refractivity contribution in [2.75, 3.05) is 5.32 Å². The molecule has 3 rings (SSSR count). The van der Waals surface area contributed by atoms with E-state index in [1.165, 1.54) is 16.5 Å². The number of thiophene rings is 1. The van der Waals surface area contributed by atoms with Gasteiger partial charge in [0.2, 0.25) is 5.91 Å². The number of rotatable bonds is 4. The highest BCUT2D eigenvalue weighted by atomic mass is 32.1. The third-order valence-electron chi connectivity index (χ3n) is 4.89. The topological polar surface area (TPSA) is 52.9 Å². The molecule has 1 aromatic carbocycles. The van der Waals surface area contributed by atoms with Crippen LogP contribution in [-0.2, 0) is 17.6 Å². The Kier molecular flexibility index (Phi) is 5.58. The molecule has 0 bridgehead atoms. The van der Waals surface area contributed by atoms with Gasteiger partial charge in [0.05, 0.1) is 5.56 Å². The number of hydrogen-bond donors (Lipinski definition) is 1. The van der Waals surface area contributed by atoms with Gasteiger partial charge in [-0.15, -0.1) is 11.3 Å². The van der Waals surface area contributed by atoms with Crippen LogP contribution in [0, 0.1) is 17.2 Å². The lowest BCUT2D eigenvalue weighted by Crippen LogP contribution is -2.10. The molecule has 0 radical (unpaired) electrons. The summed E-state index contributed by atoms with van der Waals surface area (Å²) in [7, 11) is 0. The number of carbonyl (C=O) groups is 1. The Morgan fingerprint density at radius 1 is 1.35 bits per heavy atom. The lowest BCUT2D eigenvalue weighted by atomic mass is 9.89. The minimum Gasteiger partial charge on any atom is -0.313 e. The first-order chi connectivity index (χ1) is 12.5. The highest BCUT2D eigenvalue weighted by molar-refractivity contribution is 7.16. The number of benzene rings is 1. The van der Waals surface area contributed by atoms with Gasteiger partial charge in [-0.3, -0.25) is 4.79 Å². The van der Waals surface area contributed by atoms with E-state index in [0.717, 1.165) is 30.4 Å². The van der Waals surface area contributed by atoms with Gasteiger partial charge in [-0.2, -0.15) is 5.26 Å². The number of hydrogen-bond acceptors (Lipinski definition) is 3. The molecule has 0 saturated heterocycles. The Labute approximate surface area is 159 Å². The molecule has 0 unspecified atom stereocenters. The summed E-state index contributed by atoms with van der Waals surface area (Å²) in [6, 6.07) is 10.5. The van der Waals surface area contributed by atoms with E-state index in [-0.39, 0.29) is 5.91 Å². The van der Waals surface area contributed by atoms with E-state index >= 15 is 0 Å². The summed E-state index contributed by atoms with van der Waals surface area (Å²) in [5.41, 5.74) is 4.06. The molecule has 0 aliphatic heterocycles. The normalized spacial score (nSPS) is 16.5. The molecule has 1 aromatic heterocycles. The zero-order chi connectivity index (χ0) is 18.7. The molecule has 0 fully saturated rings. The van der Waals surface area contributed by atoms with Crippen molar-refractivity contribution >= 4 is 28.3 Å². The Morgan fingerprint density at radius 3 is 2.73 bits per heavy atom. The fourth-order valence-corrected chi connectivity index (χ4v) is 4.64. The highest BCUT2D eigenvalue weighted by Crippen LogP contribution is 2.39.